The lowest BCUT2D eigenvalue weighted by atomic mass is 10.1. The van der Waals surface area contributed by atoms with E-state index in [-0.39, 0.29) is 16.3 Å². The first-order chi connectivity index (χ1) is 9.09. The molecule has 3 nitrogen and oxygen atoms in total. The molecule has 2 atom stereocenters. The molecule has 1 aromatic rings. The van der Waals surface area contributed by atoms with Crippen LogP contribution < -0.4 is 5.32 Å². The first-order valence-corrected chi connectivity index (χ1v) is 7.69. The second-order valence-electron chi connectivity index (χ2n) is 4.34. The molecule has 8 heteroatoms. The Hall–Kier alpha value is -1.08. The summed E-state index contributed by atoms with van der Waals surface area (Å²) < 4.78 is 48.8. The van der Waals surface area contributed by atoms with E-state index in [1.165, 1.54) is 6.26 Å². The summed E-state index contributed by atoms with van der Waals surface area (Å²) in [7, 11) is -1.11. The van der Waals surface area contributed by atoms with Gasteiger partial charge in [-0.2, -0.15) is 13.2 Å². The van der Waals surface area contributed by atoms with Gasteiger partial charge in [0.05, 0.1) is 5.56 Å². The topological polar surface area (TPSA) is 46.2 Å². The van der Waals surface area contributed by atoms with Crippen LogP contribution in [0.15, 0.2) is 18.2 Å². The summed E-state index contributed by atoms with van der Waals surface area (Å²) in [5, 5.41) is 2.31. The molecule has 0 aromatic heterocycles. The van der Waals surface area contributed by atoms with Crippen LogP contribution in [-0.2, 0) is 17.0 Å². The minimum atomic E-state index is -4.57. The SMILES string of the molecule is C[C@@H](C[S@@](C)=O)NC(=O)c1cc(Cl)cc(C(F)(F)F)c1. The molecule has 0 aliphatic rings. The van der Waals surface area contributed by atoms with Crippen molar-refractivity contribution in [1.82, 2.24) is 5.32 Å². The van der Waals surface area contributed by atoms with Crippen LogP contribution in [0.3, 0.4) is 0 Å². The number of hydrogen-bond donors (Lipinski definition) is 1. The number of hydrogen-bond acceptors (Lipinski definition) is 2. The maximum absolute atomic E-state index is 12.6. The van der Waals surface area contributed by atoms with Gasteiger partial charge in [0.1, 0.15) is 0 Å². The van der Waals surface area contributed by atoms with E-state index in [4.69, 9.17) is 11.6 Å². The lowest BCUT2D eigenvalue weighted by Crippen LogP contribution is -2.36. The zero-order chi connectivity index (χ0) is 15.5. The minimum Gasteiger partial charge on any atom is -0.349 e. The number of halogens is 4. The molecular weight excluding hydrogens is 315 g/mol. The van der Waals surface area contributed by atoms with Crippen LogP contribution in [0.2, 0.25) is 5.02 Å². The second kappa shape index (κ2) is 6.58. The predicted octanol–water partition coefficient (Wildman–Crippen LogP) is 2.86. The summed E-state index contributed by atoms with van der Waals surface area (Å²) >= 11 is 5.59. The van der Waals surface area contributed by atoms with E-state index in [1.54, 1.807) is 6.92 Å². The average molecular weight is 328 g/mol. The van der Waals surface area contributed by atoms with Crippen LogP contribution in [0, 0.1) is 0 Å². The highest BCUT2D eigenvalue weighted by Gasteiger charge is 2.31. The van der Waals surface area contributed by atoms with E-state index in [0.717, 1.165) is 18.2 Å². The summed E-state index contributed by atoms with van der Waals surface area (Å²) in [4.78, 5) is 11.8. The zero-order valence-electron chi connectivity index (χ0n) is 10.8. The Balaban J connectivity index is 2.93. The fourth-order valence-electron chi connectivity index (χ4n) is 1.59. The van der Waals surface area contributed by atoms with Gasteiger partial charge in [-0.25, -0.2) is 0 Å². The highest BCUT2D eigenvalue weighted by atomic mass is 35.5. The van der Waals surface area contributed by atoms with E-state index < -0.39 is 34.5 Å². The zero-order valence-corrected chi connectivity index (χ0v) is 12.3. The van der Waals surface area contributed by atoms with E-state index in [9.17, 15) is 22.2 Å². The van der Waals surface area contributed by atoms with Gasteiger partial charge in [-0.05, 0) is 25.1 Å². The quantitative estimate of drug-likeness (QED) is 0.924. The van der Waals surface area contributed by atoms with E-state index >= 15 is 0 Å². The normalized spacial score (nSPS) is 14.7. The summed E-state index contributed by atoms with van der Waals surface area (Å²) in [6.45, 7) is 1.62. The molecule has 0 radical (unpaired) electrons. The lowest BCUT2D eigenvalue weighted by Gasteiger charge is -2.14. The number of alkyl halides is 3. The molecule has 112 valence electrons. The van der Waals surface area contributed by atoms with Gasteiger partial charge in [-0.1, -0.05) is 11.6 Å². The molecule has 0 unspecified atom stereocenters. The Morgan fingerprint density at radius 1 is 1.40 bits per heavy atom. The van der Waals surface area contributed by atoms with Gasteiger partial charge in [0.2, 0.25) is 0 Å². The number of carbonyl (C=O) groups excluding carboxylic acids is 1. The van der Waals surface area contributed by atoms with Crippen molar-refractivity contribution in [2.75, 3.05) is 12.0 Å². The van der Waals surface area contributed by atoms with Crippen LogP contribution in [0.25, 0.3) is 0 Å². The molecule has 20 heavy (non-hydrogen) atoms. The Morgan fingerprint density at radius 2 is 2.00 bits per heavy atom. The largest absolute Gasteiger partial charge is 0.416 e. The first kappa shape index (κ1) is 17.0. The van der Waals surface area contributed by atoms with Gasteiger partial charge >= 0.3 is 6.18 Å². The number of amides is 1. The molecule has 0 aliphatic carbocycles. The van der Waals surface area contributed by atoms with Crippen LogP contribution in [-0.4, -0.2) is 28.2 Å². The van der Waals surface area contributed by atoms with Crippen molar-refractivity contribution < 1.29 is 22.2 Å². The van der Waals surface area contributed by atoms with E-state index in [0.29, 0.717) is 0 Å². The molecule has 1 rings (SSSR count). The van der Waals surface area contributed by atoms with Crippen molar-refractivity contribution in [2.24, 2.45) is 0 Å². The summed E-state index contributed by atoms with van der Waals surface area (Å²) in [5.41, 5.74) is -1.17. The Labute approximate surface area is 122 Å². The maximum atomic E-state index is 12.6. The van der Waals surface area contributed by atoms with Crippen LogP contribution >= 0.6 is 11.6 Å². The van der Waals surface area contributed by atoms with Crippen molar-refractivity contribution in [1.29, 1.82) is 0 Å². The molecule has 0 aliphatic heterocycles. The minimum absolute atomic E-state index is 0.170. The van der Waals surface area contributed by atoms with Crippen molar-refractivity contribution in [3.63, 3.8) is 0 Å². The van der Waals surface area contributed by atoms with Crippen LogP contribution in [0.1, 0.15) is 22.8 Å². The van der Waals surface area contributed by atoms with Crippen LogP contribution in [0.5, 0.6) is 0 Å². The fourth-order valence-corrected chi connectivity index (χ4v) is 2.61. The first-order valence-electron chi connectivity index (χ1n) is 5.58. The van der Waals surface area contributed by atoms with Gasteiger partial charge in [-0.15, -0.1) is 0 Å². The lowest BCUT2D eigenvalue weighted by molar-refractivity contribution is -0.137. The number of benzene rings is 1. The molecule has 1 amide bonds. The van der Waals surface area contributed by atoms with Crippen molar-refractivity contribution in [3.05, 3.63) is 34.3 Å². The second-order valence-corrected chi connectivity index (χ2v) is 6.26. The third kappa shape index (κ3) is 5.13. The predicted molar refractivity (Wildman–Crippen MR) is 72.3 cm³/mol. The van der Waals surface area contributed by atoms with Gasteiger partial charge in [0.25, 0.3) is 5.91 Å². The molecule has 0 bridgehead atoms. The Kier molecular flexibility index (Phi) is 5.59. The average Bonchev–Trinajstić information content (AvgIpc) is 2.25. The van der Waals surface area contributed by atoms with E-state index in [2.05, 4.69) is 5.32 Å². The van der Waals surface area contributed by atoms with Crippen molar-refractivity contribution in [3.8, 4) is 0 Å². The third-order valence-electron chi connectivity index (χ3n) is 2.35. The number of rotatable bonds is 4. The molecule has 1 aromatic carbocycles. The van der Waals surface area contributed by atoms with Gasteiger partial charge in [0.15, 0.2) is 0 Å². The number of nitrogens with one attached hydrogen (secondary N) is 1. The standard InChI is InChI=1S/C12H13ClF3NO2S/c1-7(6-20(2)19)17-11(18)8-3-9(12(14,15)16)5-10(13)4-8/h3-5,7H,6H2,1-2H3,(H,17,18)/t7-,20+/m0/s1. The van der Waals surface area contributed by atoms with Crippen LogP contribution in [0.4, 0.5) is 13.2 Å². The van der Waals surface area contributed by atoms with E-state index in [1.807, 2.05) is 0 Å². The Bertz CT molecular complexity index is 534. The summed E-state index contributed by atoms with van der Waals surface area (Å²) in [5.74, 6) is -0.464. The fraction of sp³-hybridized carbons (Fsp3) is 0.417. The third-order valence-corrected chi connectivity index (χ3v) is 3.54. The highest BCUT2D eigenvalue weighted by Crippen LogP contribution is 2.31. The number of carbonyl (C=O) groups is 1. The van der Waals surface area contributed by atoms with Gasteiger partial charge in [0, 0.05) is 39.4 Å². The van der Waals surface area contributed by atoms with Gasteiger partial charge in [-0.3, -0.25) is 9.00 Å². The summed E-state index contributed by atoms with van der Waals surface area (Å²) in [6, 6.07) is 2.23. The maximum Gasteiger partial charge on any atom is 0.416 e. The monoisotopic (exact) mass is 327 g/mol. The molecule has 0 saturated heterocycles. The molecule has 0 spiro atoms. The van der Waals surface area contributed by atoms with Crippen molar-refractivity contribution >= 4 is 28.3 Å². The molecule has 0 saturated carbocycles. The summed E-state index contributed by atoms with van der Waals surface area (Å²) in [6.07, 6.45) is -3.10. The molecule has 0 fully saturated rings. The van der Waals surface area contributed by atoms with Gasteiger partial charge < -0.3 is 5.32 Å². The Morgan fingerprint density at radius 3 is 2.50 bits per heavy atom. The molecular formula is C12H13ClF3NO2S. The molecule has 1 N–H and O–H groups in total. The highest BCUT2D eigenvalue weighted by molar-refractivity contribution is 7.84. The smallest absolute Gasteiger partial charge is 0.349 e. The van der Waals surface area contributed by atoms with Crippen molar-refractivity contribution in [2.45, 2.75) is 19.1 Å². The molecule has 0 heterocycles.